The van der Waals surface area contributed by atoms with Crippen LogP contribution >= 0.6 is 12.4 Å². The van der Waals surface area contributed by atoms with Gasteiger partial charge in [-0.15, -0.1) is 12.4 Å². The van der Waals surface area contributed by atoms with E-state index in [9.17, 15) is 19.5 Å². The lowest BCUT2D eigenvalue weighted by Crippen LogP contribution is -2.50. The average molecular weight is 496 g/mol. The van der Waals surface area contributed by atoms with Crippen molar-refractivity contribution in [3.8, 4) is 0 Å². The number of rotatable bonds is 5. The van der Waals surface area contributed by atoms with Crippen molar-refractivity contribution in [2.45, 2.75) is 39.3 Å². The number of halogens is 2. The van der Waals surface area contributed by atoms with Gasteiger partial charge in [0.05, 0.1) is 28.7 Å². The summed E-state index contributed by atoms with van der Waals surface area (Å²) in [7, 11) is 1.79. The van der Waals surface area contributed by atoms with E-state index < -0.39 is 28.8 Å². The van der Waals surface area contributed by atoms with Gasteiger partial charge in [-0.05, 0) is 24.3 Å². The molecule has 1 amide bonds. The molecule has 1 aromatic carbocycles. The van der Waals surface area contributed by atoms with Gasteiger partial charge in [-0.1, -0.05) is 20.8 Å². The molecule has 9 nitrogen and oxygen atoms in total. The Balaban J connectivity index is 0.00000324. The summed E-state index contributed by atoms with van der Waals surface area (Å²) in [6, 6.07) is 0.342. The number of pyridine rings is 1. The largest absolute Gasteiger partial charge is 0.477 e. The van der Waals surface area contributed by atoms with E-state index in [0.29, 0.717) is 42.8 Å². The van der Waals surface area contributed by atoms with Crippen molar-refractivity contribution < 1.29 is 19.1 Å². The molecule has 0 aliphatic carbocycles. The predicted octanol–water partition coefficient (Wildman–Crippen LogP) is 1.31. The Hall–Kier alpha value is -2.85. The second-order valence-corrected chi connectivity index (χ2v) is 9.50. The van der Waals surface area contributed by atoms with Crippen LogP contribution in [0.15, 0.2) is 17.1 Å². The predicted molar refractivity (Wildman–Crippen MR) is 131 cm³/mol. The average Bonchev–Trinajstić information content (AvgIpc) is 3.10. The summed E-state index contributed by atoms with van der Waals surface area (Å²) in [6.07, 6.45) is 1.81. The van der Waals surface area contributed by atoms with E-state index in [2.05, 4.69) is 5.32 Å². The lowest BCUT2D eigenvalue weighted by atomic mass is 9.99. The molecule has 3 heterocycles. The fourth-order valence-electron chi connectivity index (χ4n) is 4.81. The molecule has 0 bridgehead atoms. The Morgan fingerprint density at radius 3 is 2.59 bits per heavy atom. The molecule has 34 heavy (non-hydrogen) atoms. The third-order valence-electron chi connectivity index (χ3n) is 6.85. The summed E-state index contributed by atoms with van der Waals surface area (Å²) in [5.74, 6) is -2.06. The van der Waals surface area contributed by atoms with Crippen LogP contribution in [0.2, 0.25) is 0 Å². The van der Waals surface area contributed by atoms with Crippen LogP contribution in [-0.4, -0.2) is 60.4 Å². The Bertz CT molecular complexity index is 1200. The van der Waals surface area contributed by atoms with Gasteiger partial charge >= 0.3 is 5.97 Å². The second-order valence-electron chi connectivity index (χ2n) is 9.50. The molecule has 4 N–H and O–H groups in total. The first-order chi connectivity index (χ1) is 15.5. The maximum absolute atomic E-state index is 15.5. The molecule has 1 fully saturated rings. The van der Waals surface area contributed by atoms with Gasteiger partial charge in [-0.25, -0.2) is 9.18 Å². The molecular formula is C23H31ClFN5O4. The normalized spacial score (nSPS) is 20.4. The minimum Gasteiger partial charge on any atom is -0.477 e. The molecular weight excluding hydrogens is 465 g/mol. The Labute approximate surface area is 203 Å². The van der Waals surface area contributed by atoms with Crippen LogP contribution in [0.3, 0.4) is 0 Å². The summed E-state index contributed by atoms with van der Waals surface area (Å²) in [5, 5.41) is 14.3. The number of carbonyl (C=O) groups is 2. The maximum Gasteiger partial charge on any atom is 0.341 e. The number of hydrogen-bond acceptors (Lipinski definition) is 6. The zero-order chi connectivity index (χ0) is 24.2. The number of likely N-dealkylation sites (N-methyl/N-ethyl adjacent to an activating group) is 1. The fourth-order valence-corrected chi connectivity index (χ4v) is 4.81. The van der Waals surface area contributed by atoms with E-state index in [0.717, 1.165) is 6.07 Å². The van der Waals surface area contributed by atoms with E-state index in [1.54, 1.807) is 11.7 Å². The molecule has 2 aliphatic heterocycles. The first-order valence-electron chi connectivity index (χ1n) is 11.2. The van der Waals surface area contributed by atoms with Crippen LogP contribution in [0.25, 0.3) is 10.9 Å². The fraction of sp³-hybridized carbons (Fsp3) is 0.522. The van der Waals surface area contributed by atoms with E-state index >= 15 is 4.39 Å². The van der Waals surface area contributed by atoms with Crippen molar-refractivity contribution >= 4 is 40.9 Å². The Morgan fingerprint density at radius 1 is 1.29 bits per heavy atom. The van der Waals surface area contributed by atoms with Crippen LogP contribution in [0.1, 0.15) is 36.7 Å². The highest BCUT2D eigenvalue weighted by molar-refractivity contribution is 5.95. The highest BCUT2D eigenvalue weighted by atomic mass is 35.5. The first kappa shape index (κ1) is 25.8. The number of amides is 1. The Kier molecular flexibility index (Phi) is 7.14. The quantitative estimate of drug-likeness (QED) is 0.571. The summed E-state index contributed by atoms with van der Waals surface area (Å²) in [6.45, 7) is 7.25. The summed E-state index contributed by atoms with van der Waals surface area (Å²) < 4.78 is 17.1. The van der Waals surface area contributed by atoms with E-state index in [1.807, 2.05) is 30.7 Å². The number of anilines is 1. The third kappa shape index (κ3) is 4.20. The molecule has 2 aliphatic rings. The van der Waals surface area contributed by atoms with Crippen molar-refractivity contribution in [1.82, 2.24) is 9.99 Å². The Morgan fingerprint density at radius 2 is 1.97 bits per heavy atom. The number of nitrogens with zero attached hydrogens (tertiary/aromatic N) is 3. The standard InChI is InChI=1S/C23H30FN5O4.ClH/c1-11(2)18(25)22(31)26-17-10-28(8-12(17)3)20-13-5-6-27(4)29-9-15(23(32)33)21(30)14(19(13)29)7-16(20)24;/h7,9,11-12,17-18H,5-6,8,10,25H2,1-4H3,(H,26,31)(H,32,33);1H/t12-,17+,18?;/m1./s1. The van der Waals surface area contributed by atoms with E-state index in [1.165, 1.54) is 6.20 Å². The summed E-state index contributed by atoms with van der Waals surface area (Å²) in [4.78, 5) is 38.8. The van der Waals surface area contributed by atoms with Gasteiger partial charge in [-0.3, -0.25) is 14.3 Å². The number of benzene rings is 1. The van der Waals surface area contributed by atoms with Gasteiger partial charge in [0.1, 0.15) is 11.4 Å². The number of carboxylic acid groups (broad SMARTS) is 1. The van der Waals surface area contributed by atoms with Crippen molar-refractivity contribution in [2.24, 2.45) is 17.6 Å². The van der Waals surface area contributed by atoms with Crippen LogP contribution in [0, 0.1) is 17.7 Å². The molecule has 1 saturated heterocycles. The lowest BCUT2D eigenvalue weighted by Gasteiger charge is -2.33. The molecule has 1 aromatic heterocycles. The van der Waals surface area contributed by atoms with Gasteiger partial charge in [-0.2, -0.15) is 0 Å². The van der Waals surface area contributed by atoms with Gasteiger partial charge in [0.2, 0.25) is 11.3 Å². The summed E-state index contributed by atoms with van der Waals surface area (Å²) >= 11 is 0. The van der Waals surface area contributed by atoms with Gasteiger partial charge in [0.15, 0.2) is 0 Å². The molecule has 2 aromatic rings. The topological polar surface area (TPSA) is 121 Å². The van der Waals surface area contributed by atoms with Crippen LogP contribution < -0.4 is 26.4 Å². The molecule has 1 unspecified atom stereocenters. The van der Waals surface area contributed by atoms with Gasteiger partial charge in [0.25, 0.3) is 0 Å². The summed E-state index contributed by atoms with van der Waals surface area (Å²) in [5.41, 5.74) is 6.50. The zero-order valence-electron chi connectivity index (χ0n) is 19.7. The van der Waals surface area contributed by atoms with Crippen LogP contribution in [0.4, 0.5) is 10.1 Å². The molecule has 0 spiro atoms. The SMILES string of the molecule is CC(C)C(N)C(=O)N[C@H]1CN(c2c(F)cc3c(=O)c(C(=O)O)cn4c3c2CCN4C)C[C@H]1C.Cl. The number of carbonyl (C=O) groups excluding carboxylic acids is 1. The van der Waals surface area contributed by atoms with E-state index in [-0.39, 0.29) is 41.6 Å². The van der Waals surface area contributed by atoms with Crippen LogP contribution in [-0.2, 0) is 11.2 Å². The first-order valence-corrected chi connectivity index (χ1v) is 11.2. The smallest absolute Gasteiger partial charge is 0.341 e. The van der Waals surface area contributed by atoms with Gasteiger partial charge < -0.3 is 26.1 Å². The van der Waals surface area contributed by atoms with E-state index in [4.69, 9.17) is 5.73 Å². The monoisotopic (exact) mass is 495 g/mol. The minimum absolute atomic E-state index is 0. The molecule has 0 radical (unpaired) electrons. The molecule has 186 valence electrons. The van der Waals surface area contributed by atoms with Crippen molar-refractivity contribution in [2.75, 3.05) is 36.6 Å². The number of aromatic carboxylic acids is 1. The number of nitrogens with one attached hydrogen (secondary N) is 1. The van der Waals surface area contributed by atoms with Crippen molar-refractivity contribution in [3.05, 3.63) is 39.4 Å². The highest BCUT2D eigenvalue weighted by Gasteiger charge is 2.36. The van der Waals surface area contributed by atoms with Crippen molar-refractivity contribution in [3.63, 3.8) is 0 Å². The number of aromatic nitrogens is 1. The highest BCUT2D eigenvalue weighted by Crippen LogP contribution is 2.36. The molecule has 3 atom stereocenters. The third-order valence-corrected chi connectivity index (χ3v) is 6.85. The second kappa shape index (κ2) is 9.42. The number of nitrogens with two attached hydrogens (primary N) is 1. The minimum atomic E-state index is -1.35. The van der Waals surface area contributed by atoms with Gasteiger partial charge in [0, 0.05) is 38.4 Å². The number of carboxylic acids is 1. The maximum atomic E-state index is 15.5. The zero-order valence-corrected chi connectivity index (χ0v) is 20.5. The number of hydrogen-bond donors (Lipinski definition) is 3. The van der Waals surface area contributed by atoms with Crippen LogP contribution in [0.5, 0.6) is 0 Å². The lowest BCUT2D eigenvalue weighted by molar-refractivity contribution is -0.124. The van der Waals surface area contributed by atoms with Crippen molar-refractivity contribution in [1.29, 1.82) is 0 Å². The molecule has 11 heteroatoms. The molecule has 0 saturated carbocycles. The molecule has 4 rings (SSSR count).